The van der Waals surface area contributed by atoms with E-state index in [9.17, 15) is 14.0 Å². The summed E-state index contributed by atoms with van der Waals surface area (Å²) >= 11 is 0. The van der Waals surface area contributed by atoms with E-state index in [1.807, 2.05) is 20.8 Å². The number of amides is 1. The molecule has 2 atom stereocenters. The molecule has 0 spiro atoms. The van der Waals surface area contributed by atoms with Crippen LogP contribution in [0.4, 0.5) is 10.1 Å². The van der Waals surface area contributed by atoms with Gasteiger partial charge in [-0.05, 0) is 30.4 Å². The fraction of sp³-hybridized carbons (Fsp3) is 0.529. The zero-order valence-electron chi connectivity index (χ0n) is 12.6. The Balaban J connectivity index is 1.96. The molecule has 2 aliphatic carbocycles. The standard InChI is InChI=1S/C17H20FNO2/c1-15(2)16(3)8-9-17(15,10-13(16)20)14(21)19-12-7-5-4-6-11(12)18/h4-7H,8-10H2,1-3H3,(H,19,21). The maximum atomic E-state index is 13.7. The van der Waals surface area contributed by atoms with Crippen LogP contribution in [-0.4, -0.2) is 11.7 Å². The normalized spacial score (nSPS) is 33.2. The molecule has 3 rings (SSSR count). The van der Waals surface area contributed by atoms with E-state index >= 15 is 0 Å². The molecule has 4 heteroatoms. The number of ketones is 1. The number of hydrogen-bond acceptors (Lipinski definition) is 2. The molecular weight excluding hydrogens is 269 g/mol. The zero-order chi connectivity index (χ0) is 15.5. The largest absolute Gasteiger partial charge is 0.323 e. The van der Waals surface area contributed by atoms with Crippen molar-refractivity contribution in [2.75, 3.05) is 5.32 Å². The topological polar surface area (TPSA) is 46.2 Å². The number of nitrogens with one attached hydrogen (secondary N) is 1. The third-order valence-corrected chi connectivity index (χ3v) is 6.26. The Kier molecular flexibility index (Phi) is 2.81. The van der Waals surface area contributed by atoms with Crippen molar-refractivity contribution in [3.63, 3.8) is 0 Å². The minimum Gasteiger partial charge on any atom is -0.323 e. The van der Waals surface area contributed by atoms with E-state index in [1.165, 1.54) is 6.07 Å². The number of carbonyl (C=O) groups excluding carboxylic acids is 2. The number of rotatable bonds is 2. The predicted molar refractivity (Wildman–Crippen MR) is 78.2 cm³/mol. The molecule has 112 valence electrons. The molecule has 1 aromatic carbocycles. The number of anilines is 1. The van der Waals surface area contributed by atoms with Crippen LogP contribution in [0.5, 0.6) is 0 Å². The monoisotopic (exact) mass is 289 g/mol. The van der Waals surface area contributed by atoms with Gasteiger partial charge >= 0.3 is 0 Å². The third kappa shape index (κ3) is 1.59. The first-order valence-electron chi connectivity index (χ1n) is 7.34. The van der Waals surface area contributed by atoms with Crippen molar-refractivity contribution in [3.8, 4) is 0 Å². The highest BCUT2D eigenvalue weighted by atomic mass is 19.1. The van der Waals surface area contributed by atoms with Gasteiger partial charge in [0.1, 0.15) is 11.6 Å². The number of halogens is 1. The first kappa shape index (κ1) is 14.2. The fourth-order valence-electron chi connectivity index (χ4n) is 4.17. The average molecular weight is 289 g/mol. The first-order chi connectivity index (χ1) is 9.74. The number of para-hydroxylation sites is 1. The van der Waals surface area contributed by atoms with Crippen LogP contribution in [0.2, 0.25) is 0 Å². The van der Waals surface area contributed by atoms with E-state index < -0.39 is 22.1 Å². The molecule has 0 radical (unpaired) electrons. The summed E-state index contributed by atoms with van der Waals surface area (Å²) in [5, 5.41) is 2.70. The lowest BCUT2D eigenvalue weighted by Gasteiger charge is -2.38. The van der Waals surface area contributed by atoms with Gasteiger partial charge in [0.2, 0.25) is 5.91 Å². The van der Waals surface area contributed by atoms with Crippen molar-refractivity contribution >= 4 is 17.4 Å². The maximum absolute atomic E-state index is 13.7. The van der Waals surface area contributed by atoms with Gasteiger partial charge in [-0.15, -0.1) is 0 Å². The molecule has 2 fully saturated rings. The van der Waals surface area contributed by atoms with Gasteiger partial charge in [-0.1, -0.05) is 32.9 Å². The number of Topliss-reactive ketones (excluding diaryl/α,β-unsaturated/α-hetero) is 1. The van der Waals surface area contributed by atoms with Gasteiger partial charge < -0.3 is 5.32 Å². The van der Waals surface area contributed by atoms with Crippen molar-refractivity contribution in [2.24, 2.45) is 16.2 Å². The minimum absolute atomic E-state index is 0.155. The summed E-state index contributed by atoms with van der Waals surface area (Å²) in [6.07, 6.45) is 1.67. The second kappa shape index (κ2) is 4.15. The Labute approximate surface area is 123 Å². The molecule has 3 nitrogen and oxygen atoms in total. The summed E-state index contributed by atoms with van der Waals surface area (Å²) in [7, 11) is 0. The lowest BCUT2D eigenvalue weighted by atomic mass is 9.64. The van der Waals surface area contributed by atoms with Gasteiger partial charge in [0.15, 0.2) is 0 Å². The van der Waals surface area contributed by atoms with Crippen LogP contribution in [0.25, 0.3) is 0 Å². The van der Waals surface area contributed by atoms with E-state index in [2.05, 4.69) is 5.32 Å². The quantitative estimate of drug-likeness (QED) is 0.905. The molecule has 1 N–H and O–H groups in total. The molecule has 0 aromatic heterocycles. The molecule has 2 aliphatic rings. The first-order valence-corrected chi connectivity index (χ1v) is 7.34. The summed E-state index contributed by atoms with van der Waals surface area (Å²) in [5.41, 5.74) is -1.40. The van der Waals surface area contributed by atoms with Crippen molar-refractivity contribution in [2.45, 2.75) is 40.0 Å². The number of benzene rings is 1. The third-order valence-electron chi connectivity index (χ3n) is 6.26. The fourth-order valence-corrected chi connectivity index (χ4v) is 4.17. The predicted octanol–water partition coefficient (Wildman–Crippen LogP) is 3.55. The molecule has 0 saturated heterocycles. The van der Waals surface area contributed by atoms with Crippen molar-refractivity contribution < 1.29 is 14.0 Å². The second-order valence-electron chi connectivity index (χ2n) is 7.07. The van der Waals surface area contributed by atoms with Gasteiger partial charge in [0.05, 0.1) is 11.1 Å². The molecule has 2 unspecified atom stereocenters. The molecule has 1 aromatic rings. The van der Waals surface area contributed by atoms with Gasteiger partial charge in [-0.25, -0.2) is 4.39 Å². The van der Waals surface area contributed by atoms with Crippen LogP contribution in [0.15, 0.2) is 24.3 Å². The summed E-state index contributed by atoms with van der Waals surface area (Å²) in [6.45, 7) is 5.94. The highest BCUT2D eigenvalue weighted by Crippen LogP contribution is 2.70. The lowest BCUT2D eigenvalue weighted by Crippen LogP contribution is -2.43. The molecule has 0 aliphatic heterocycles. The van der Waals surface area contributed by atoms with Crippen LogP contribution < -0.4 is 5.32 Å². The smallest absolute Gasteiger partial charge is 0.231 e. The Hall–Kier alpha value is -1.71. The molecule has 2 bridgehead atoms. The SMILES string of the molecule is CC12CCC(C(=O)Nc3ccccc3F)(CC1=O)C2(C)C. The van der Waals surface area contributed by atoms with E-state index in [0.717, 1.165) is 6.42 Å². The van der Waals surface area contributed by atoms with Crippen LogP contribution in [0, 0.1) is 22.1 Å². The van der Waals surface area contributed by atoms with Crippen molar-refractivity contribution in [3.05, 3.63) is 30.1 Å². The molecule has 21 heavy (non-hydrogen) atoms. The van der Waals surface area contributed by atoms with E-state index in [4.69, 9.17) is 0 Å². The van der Waals surface area contributed by atoms with Crippen LogP contribution >= 0.6 is 0 Å². The summed E-state index contributed by atoms with van der Waals surface area (Å²) in [4.78, 5) is 25.2. The van der Waals surface area contributed by atoms with Gasteiger partial charge in [-0.2, -0.15) is 0 Å². The minimum atomic E-state index is -0.721. The van der Waals surface area contributed by atoms with E-state index in [0.29, 0.717) is 6.42 Å². The Bertz CT molecular complexity index is 639. The zero-order valence-corrected chi connectivity index (χ0v) is 12.6. The van der Waals surface area contributed by atoms with E-state index in [1.54, 1.807) is 18.2 Å². The van der Waals surface area contributed by atoms with Gasteiger partial charge in [0.25, 0.3) is 0 Å². The van der Waals surface area contributed by atoms with Crippen molar-refractivity contribution in [1.82, 2.24) is 0 Å². The van der Waals surface area contributed by atoms with Gasteiger partial charge in [0, 0.05) is 11.8 Å². The van der Waals surface area contributed by atoms with Crippen molar-refractivity contribution in [1.29, 1.82) is 0 Å². The maximum Gasteiger partial charge on any atom is 0.231 e. The van der Waals surface area contributed by atoms with Crippen LogP contribution in [-0.2, 0) is 9.59 Å². The Morgan fingerprint density at radius 1 is 1.19 bits per heavy atom. The Morgan fingerprint density at radius 2 is 1.86 bits per heavy atom. The summed E-state index contributed by atoms with van der Waals surface area (Å²) < 4.78 is 13.7. The molecule has 1 amide bonds. The van der Waals surface area contributed by atoms with Gasteiger partial charge in [-0.3, -0.25) is 9.59 Å². The molecule has 2 saturated carbocycles. The second-order valence-corrected chi connectivity index (χ2v) is 7.07. The molecular formula is C17H20FNO2. The average Bonchev–Trinajstić information content (AvgIpc) is 2.72. The van der Waals surface area contributed by atoms with E-state index in [-0.39, 0.29) is 23.8 Å². The summed E-state index contributed by atoms with van der Waals surface area (Å²) in [6, 6.07) is 6.12. The number of hydrogen-bond donors (Lipinski definition) is 1. The number of fused-ring (bicyclic) bond motifs is 2. The lowest BCUT2D eigenvalue weighted by molar-refractivity contribution is -0.131. The Morgan fingerprint density at radius 3 is 2.38 bits per heavy atom. The highest BCUT2D eigenvalue weighted by molar-refractivity contribution is 6.04. The number of carbonyl (C=O) groups is 2. The van der Waals surface area contributed by atoms with Crippen LogP contribution in [0.1, 0.15) is 40.0 Å². The molecule has 0 heterocycles. The summed E-state index contributed by atoms with van der Waals surface area (Å²) in [5.74, 6) is -0.528. The highest BCUT2D eigenvalue weighted by Gasteiger charge is 2.72. The van der Waals surface area contributed by atoms with Crippen LogP contribution in [0.3, 0.4) is 0 Å².